The molecule has 7 heteroatoms. The fourth-order valence-electron chi connectivity index (χ4n) is 2.53. The van der Waals surface area contributed by atoms with Gasteiger partial charge < -0.3 is 4.57 Å². The molecular weight excluding hydrogens is 332 g/mol. The van der Waals surface area contributed by atoms with Gasteiger partial charge in [0.25, 0.3) is 0 Å². The molecule has 0 N–H and O–H groups in total. The van der Waals surface area contributed by atoms with Gasteiger partial charge in [0, 0.05) is 17.8 Å². The van der Waals surface area contributed by atoms with Gasteiger partial charge in [-0.3, -0.25) is 4.57 Å². The minimum absolute atomic E-state index is 0.271. The second kappa shape index (κ2) is 5.64. The molecule has 0 unspecified atom stereocenters. The van der Waals surface area contributed by atoms with Gasteiger partial charge in [0.05, 0.1) is 17.9 Å². The molecule has 0 aromatic carbocycles. The summed E-state index contributed by atoms with van der Waals surface area (Å²) >= 11 is 7.37. The smallest absolute Gasteiger partial charge is 0.327 e. The van der Waals surface area contributed by atoms with E-state index in [0.717, 1.165) is 16.9 Å². The zero-order valence-electron chi connectivity index (χ0n) is 11.9. The highest BCUT2D eigenvalue weighted by atomic mass is 35.5. The van der Waals surface area contributed by atoms with Gasteiger partial charge in [-0.2, -0.15) is 16.3 Å². The highest BCUT2D eigenvalue weighted by Crippen LogP contribution is 2.23. The molecule has 4 rings (SSSR count). The molecule has 0 aliphatic carbocycles. The minimum Gasteiger partial charge on any atom is -0.327 e. The van der Waals surface area contributed by atoms with Crippen LogP contribution in [0.3, 0.4) is 0 Å². The molecule has 0 fully saturated rings. The predicted molar refractivity (Wildman–Crippen MR) is 90.7 cm³/mol. The van der Waals surface area contributed by atoms with Crippen LogP contribution in [0.25, 0.3) is 17.2 Å². The van der Waals surface area contributed by atoms with Gasteiger partial charge in [-0.05, 0) is 35.2 Å². The number of hydrogen-bond acceptors (Lipinski definition) is 4. The van der Waals surface area contributed by atoms with Gasteiger partial charge in [0.2, 0.25) is 0 Å². The maximum absolute atomic E-state index is 12.3. The summed E-state index contributed by atoms with van der Waals surface area (Å²) in [6.07, 6.45) is 3.63. The fourth-order valence-corrected chi connectivity index (χ4v) is 3.26. The van der Waals surface area contributed by atoms with Crippen LogP contribution in [-0.4, -0.2) is 19.1 Å². The third-order valence-corrected chi connectivity index (χ3v) is 4.46. The largest absolute Gasteiger partial charge is 0.354 e. The Balaban J connectivity index is 1.79. The third kappa shape index (κ3) is 2.56. The van der Waals surface area contributed by atoms with Gasteiger partial charge >= 0.3 is 5.69 Å². The molecule has 0 bridgehead atoms. The second-order valence-corrected chi connectivity index (χ2v) is 6.21. The van der Waals surface area contributed by atoms with Crippen molar-refractivity contribution in [2.75, 3.05) is 0 Å². The van der Waals surface area contributed by atoms with E-state index >= 15 is 0 Å². The number of hydrogen-bond donors (Lipinski definition) is 0. The molecule has 2 aliphatic heterocycles. The Morgan fingerprint density at radius 1 is 1.22 bits per heavy atom. The number of rotatable bonds is 3. The summed E-state index contributed by atoms with van der Waals surface area (Å²) in [5.74, 6) is 0.652. The normalized spacial score (nSPS) is 11.2. The molecule has 0 atom stereocenters. The van der Waals surface area contributed by atoms with E-state index in [1.165, 1.54) is 0 Å². The first-order valence-corrected chi connectivity index (χ1v) is 8.25. The molecule has 0 saturated heterocycles. The van der Waals surface area contributed by atoms with Crippen molar-refractivity contribution in [3.05, 3.63) is 74.7 Å². The summed E-state index contributed by atoms with van der Waals surface area (Å²) in [4.78, 5) is 20.6. The number of imidazole rings is 1. The van der Waals surface area contributed by atoms with Gasteiger partial charge in [-0.15, -0.1) is 0 Å². The summed E-state index contributed by atoms with van der Waals surface area (Å²) in [6, 6.07) is 9.39. The van der Waals surface area contributed by atoms with Crippen molar-refractivity contribution in [2.24, 2.45) is 0 Å². The summed E-state index contributed by atoms with van der Waals surface area (Å²) in [5, 5.41) is 4.33. The Hall–Kier alpha value is -2.44. The average Bonchev–Trinajstić information content (AvgIpc) is 3.16. The molecule has 23 heavy (non-hydrogen) atoms. The van der Waals surface area contributed by atoms with Gasteiger partial charge in [-0.1, -0.05) is 17.7 Å². The topological polar surface area (TPSA) is 52.7 Å². The van der Waals surface area contributed by atoms with Crippen molar-refractivity contribution in [3.63, 3.8) is 0 Å². The van der Waals surface area contributed by atoms with Crippen LogP contribution in [0.5, 0.6) is 0 Å². The van der Waals surface area contributed by atoms with Crippen molar-refractivity contribution in [3.8, 4) is 17.2 Å². The standard InChI is InChI=1S/C16H11ClN4OS/c17-14-4-3-11(8-18-14)9-20-6-1-2-13-15(20)19-16(22)21(13)12-5-7-23-10-12/h1-8,10H,9H2. The molecule has 0 amide bonds. The third-order valence-electron chi connectivity index (χ3n) is 3.56. The lowest BCUT2D eigenvalue weighted by atomic mass is 10.2. The number of pyridine rings is 2. The second-order valence-electron chi connectivity index (χ2n) is 5.05. The zero-order chi connectivity index (χ0) is 15.8. The molecule has 0 radical (unpaired) electrons. The Morgan fingerprint density at radius 2 is 2.13 bits per heavy atom. The van der Waals surface area contributed by atoms with Crippen molar-refractivity contribution in [1.29, 1.82) is 0 Å². The van der Waals surface area contributed by atoms with E-state index in [2.05, 4.69) is 9.97 Å². The molecule has 0 saturated carbocycles. The molecule has 2 aromatic heterocycles. The van der Waals surface area contributed by atoms with Crippen LogP contribution in [0.15, 0.2) is 58.3 Å². The lowest BCUT2D eigenvalue weighted by molar-refractivity contribution is 0.779. The number of nitrogens with zero attached hydrogens (tertiary/aromatic N) is 4. The van der Waals surface area contributed by atoms with Crippen LogP contribution in [0, 0.1) is 0 Å². The maximum Gasteiger partial charge on any atom is 0.354 e. The minimum atomic E-state index is -0.271. The SMILES string of the molecule is O=c1nc2n(Cc3ccc(Cl)nc3)cccc-2n1-c1ccsc1. The Bertz CT molecular complexity index is 972. The van der Waals surface area contributed by atoms with E-state index in [1.807, 2.05) is 45.8 Å². The van der Waals surface area contributed by atoms with Crippen LogP contribution in [0.4, 0.5) is 0 Å². The van der Waals surface area contributed by atoms with Crippen molar-refractivity contribution >= 4 is 22.9 Å². The molecule has 2 aliphatic rings. The number of fused-ring (bicyclic) bond motifs is 1. The first kappa shape index (κ1) is 14.2. The summed E-state index contributed by atoms with van der Waals surface area (Å²) in [6.45, 7) is 0.571. The van der Waals surface area contributed by atoms with Crippen molar-refractivity contribution < 1.29 is 0 Å². The number of aromatic nitrogens is 4. The van der Waals surface area contributed by atoms with Gasteiger partial charge in [0.1, 0.15) is 5.15 Å². The van der Waals surface area contributed by atoms with Crippen molar-refractivity contribution in [2.45, 2.75) is 6.54 Å². The van der Waals surface area contributed by atoms with E-state index in [1.54, 1.807) is 28.2 Å². The first-order chi connectivity index (χ1) is 11.2. The Kier molecular flexibility index (Phi) is 3.48. The van der Waals surface area contributed by atoms with Crippen LogP contribution >= 0.6 is 22.9 Å². The summed E-state index contributed by atoms with van der Waals surface area (Å²) in [7, 11) is 0. The molecule has 2 aromatic rings. The Labute approximate surface area is 140 Å². The zero-order valence-corrected chi connectivity index (χ0v) is 13.5. The van der Waals surface area contributed by atoms with E-state index in [9.17, 15) is 4.79 Å². The van der Waals surface area contributed by atoms with Crippen LogP contribution < -0.4 is 5.69 Å². The van der Waals surface area contributed by atoms with Crippen LogP contribution in [-0.2, 0) is 6.54 Å². The summed E-state index contributed by atoms with van der Waals surface area (Å²) in [5.41, 5.74) is 2.35. The van der Waals surface area contributed by atoms with Crippen LogP contribution in [0.1, 0.15) is 5.56 Å². The molecular formula is C16H11ClN4OS. The fraction of sp³-hybridized carbons (Fsp3) is 0.0625. The Morgan fingerprint density at radius 3 is 2.87 bits per heavy atom. The quantitative estimate of drug-likeness (QED) is 0.537. The lowest BCUT2D eigenvalue weighted by Gasteiger charge is -2.12. The van der Waals surface area contributed by atoms with Crippen LogP contribution in [0.2, 0.25) is 5.15 Å². The van der Waals surface area contributed by atoms with Gasteiger partial charge in [-0.25, -0.2) is 9.78 Å². The molecule has 5 nitrogen and oxygen atoms in total. The monoisotopic (exact) mass is 342 g/mol. The predicted octanol–water partition coefficient (Wildman–Crippen LogP) is 3.30. The van der Waals surface area contributed by atoms with Crippen molar-refractivity contribution in [1.82, 2.24) is 19.1 Å². The van der Waals surface area contributed by atoms with E-state index in [0.29, 0.717) is 17.5 Å². The highest BCUT2D eigenvalue weighted by Gasteiger charge is 2.18. The molecule has 114 valence electrons. The molecule has 4 heterocycles. The highest BCUT2D eigenvalue weighted by molar-refractivity contribution is 7.08. The maximum atomic E-state index is 12.3. The van der Waals surface area contributed by atoms with E-state index < -0.39 is 0 Å². The number of halogens is 1. The average molecular weight is 343 g/mol. The summed E-state index contributed by atoms with van der Waals surface area (Å²) < 4.78 is 3.56. The van der Waals surface area contributed by atoms with Gasteiger partial charge in [0.15, 0.2) is 5.82 Å². The van der Waals surface area contributed by atoms with E-state index in [-0.39, 0.29) is 5.69 Å². The lowest BCUT2D eigenvalue weighted by Crippen LogP contribution is -2.13. The first-order valence-electron chi connectivity index (χ1n) is 6.93. The molecule has 0 spiro atoms. The number of thiophene rings is 1. The van der Waals surface area contributed by atoms with E-state index in [4.69, 9.17) is 11.6 Å².